The van der Waals surface area contributed by atoms with Crippen molar-refractivity contribution in [1.82, 2.24) is 15.5 Å². The first-order valence-corrected chi connectivity index (χ1v) is 7.37. The average molecular weight is 247 g/mol. The number of nitrogens with zero attached hydrogens (tertiary/aromatic N) is 2. The minimum absolute atomic E-state index is 0.768. The third-order valence-electron chi connectivity index (χ3n) is 5.36. The zero-order valence-corrected chi connectivity index (χ0v) is 10.7. The molecule has 4 aliphatic rings. The lowest BCUT2D eigenvalue weighted by Gasteiger charge is -2.54. The Bertz CT molecular complexity index is 375. The Kier molecular flexibility index (Phi) is 2.64. The molecule has 4 bridgehead atoms. The van der Waals surface area contributed by atoms with Gasteiger partial charge in [-0.15, -0.1) is 0 Å². The van der Waals surface area contributed by atoms with E-state index in [1.165, 1.54) is 38.5 Å². The molecule has 1 aromatic rings. The molecule has 0 spiro atoms. The maximum Gasteiger partial charge on any atom is 0.213 e. The maximum absolute atomic E-state index is 4.76. The van der Waals surface area contributed by atoms with Gasteiger partial charge in [-0.05, 0) is 55.8 Å². The zero-order chi connectivity index (χ0) is 11.9. The van der Waals surface area contributed by atoms with E-state index in [1.807, 2.05) is 0 Å². The Morgan fingerprint density at radius 2 is 1.83 bits per heavy atom. The molecule has 1 heterocycles. The summed E-state index contributed by atoms with van der Waals surface area (Å²) >= 11 is 0. The summed E-state index contributed by atoms with van der Waals surface area (Å²) in [5.41, 5.74) is 0. The van der Waals surface area contributed by atoms with Gasteiger partial charge in [0.25, 0.3) is 0 Å². The van der Waals surface area contributed by atoms with Crippen molar-refractivity contribution in [2.45, 2.75) is 44.6 Å². The first kappa shape index (κ1) is 11.0. The van der Waals surface area contributed by atoms with Gasteiger partial charge in [-0.25, -0.2) is 0 Å². The monoisotopic (exact) mass is 247 g/mol. The summed E-state index contributed by atoms with van der Waals surface area (Å²) in [6.45, 7) is 0.993. The predicted molar refractivity (Wildman–Crippen MR) is 66.8 cm³/mol. The van der Waals surface area contributed by atoms with Crippen molar-refractivity contribution in [1.29, 1.82) is 0 Å². The van der Waals surface area contributed by atoms with Crippen molar-refractivity contribution in [2.24, 2.45) is 23.7 Å². The van der Waals surface area contributed by atoms with Crippen LogP contribution in [0.3, 0.4) is 0 Å². The van der Waals surface area contributed by atoms with Gasteiger partial charge >= 0.3 is 0 Å². The molecule has 0 aliphatic heterocycles. The van der Waals surface area contributed by atoms with E-state index in [1.54, 1.807) is 0 Å². The molecular weight excluding hydrogens is 226 g/mol. The van der Waals surface area contributed by atoms with Crippen molar-refractivity contribution in [2.75, 3.05) is 6.54 Å². The van der Waals surface area contributed by atoms with Crippen LogP contribution in [0.5, 0.6) is 0 Å². The van der Waals surface area contributed by atoms with Gasteiger partial charge in [-0.2, -0.15) is 4.98 Å². The van der Waals surface area contributed by atoms with Gasteiger partial charge in [-0.3, -0.25) is 0 Å². The highest BCUT2D eigenvalue weighted by Gasteiger charge is 2.47. The van der Waals surface area contributed by atoms with Gasteiger partial charge in [0.2, 0.25) is 6.39 Å². The predicted octanol–water partition coefficient (Wildman–Crippen LogP) is 2.03. The summed E-state index contributed by atoms with van der Waals surface area (Å²) < 4.78 is 4.76. The largest absolute Gasteiger partial charge is 0.343 e. The third-order valence-corrected chi connectivity index (χ3v) is 5.36. The molecule has 0 unspecified atom stereocenters. The Morgan fingerprint density at radius 1 is 1.11 bits per heavy atom. The second-order valence-electron chi connectivity index (χ2n) is 6.51. The van der Waals surface area contributed by atoms with E-state index in [0.717, 1.165) is 48.5 Å². The Labute approximate surface area is 108 Å². The molecule has 1 aromatic heterocycles. The summed E-state index contributed by atoms with van der Waals surface area (Å²) in [5, 5.41) is 7.65. The van der Waals surface area contributed by atoms with Crippen LogP contribution in [0, 0.1) is 23.7 Å². The summed E-state index contributed by atoms with van der Waals surface area (Å²) in [4.78, 5) is 4.07. The number of hydrogen-bond acceptors (Lipinski definition) is 4. The van der Waals surface area contributed by atoms with Gasteiger partial charge in [0.15, 0.2) is 5.82 Å². The fourth-order valence-electron chi connectivity index (χ4n) is 4.91. The van der Waals surface area contributed by atoms with Crippen LogP contribution in [0.1, 0.15) is 37.9 Å². The quantitative estimate of drug-likeness (QED) is 0.884. The lowest BCUT2D eigenvalue weighted by atomic mass is 9.54. The number of hydrogen-bond donors (Lipinski definition) is 1. The van der Waals surface area contributed by atoms with Crippen LogP contribution in [-0.2, 0) is 6.42 Å². The smallest absolute Gasteiger partial charge is 0.213 e. The lowest BCUT2D eigenvalue weighted by molar-refractivity contribution is -0.0134. The zero-order valence-electron chi connectivity index (χ0n) is 10.7. The van der Waals surface area contributed by atoms with E-state index in [2.05, 4.69) is 15.5 Å². The highest BCUT2D eigenvalue weighted by atomic mass is 16.5. The normalized spacial score (nSPS) is 41.4. The van der Waals surface area contributed by atoms with E-state index >= 15 is 0 Å². The van der Waals surface area contributed by atoms with Crippen LogP contribution in [0.4, 0.5) is 0 Å². The first-order valence-electron chi connectivity index (χ1n) is 7.37. The first-order chi connectivity index (χ1) is 8.88. The highest BCUT2D eigenvalue weighted by Crippen LogP contribution is 2.53. The number of rotatable bonds is 4. The molecule has 4 fully saturated rings. The molecule has 0 atom stereocenters. The van der Waals surface area contributed by atoms with Crippen LogP contribution < -0.4 is 5.32 Å². The fraction of sp³-hybridized carbons (Fsp3) is 0.857. The van der Waals surface area contributed by atoms with Gasteiger partial charge in [0.05, 0.1) is 0 Å². The van der Waals surface area contributed by atoms with E-state index in [4.69, 9.17) is 4.52 Å². The molecule has 4 nitrogen and oxygen atoms in total. The summed E-state index contributed by atoms with van der Waals surface area (Å²) in [7, 11) is 0. The molecule has 0 aromatic carbocycles. The van der Waals surface area contributed by atoms with E-state index in [-0.39, 0.29) is 0 Å². The van der Waals surface area contributed by atoms with E-state index in [0.29, 0.717) is 0 Å². The maximum atomic E-state index is 4.76. The van der Waals surface area contributed by atoms with Crippen LogP contribution in [0.25, 0.3) is 0 Å². The second-order valence-corrected chi connectivity index (χ2v) is 6.51. The Balaban J connectivity index is 1.35. The molecule has 18 heavy (non-hydrogen) atoms. The van der Waals surface area contributed by atoms with E-state index < -0.39 is 0 Å². The Morgan fingerprint density at radius 3 is 2.44 bits per heavy atom. The minimum atomic E-state index is 0.768. The lowest BCUT2D eigenvalue weighted by Crippen LogP contribution is -2.54. The van der Waals surface area contributed by atoms with Crippen molar-refractivity contribution >= 4 is 0 Å². The minimum Gasteiger partial charge on any atom is -0.343 e. The molecule has 5 rings (SSSR count). The van der Waals surface area contributed by atoms with Crippen molar-refractivity contribution in [3.05, 3.63) is 12.2 Å². The molecule has 0 amide bonds. The van der Waals surface area contributed by atoms with E-state index in [9.17, 15) is 0 Å². The molecule has 4 heteroatoms. The molecule has 0 saturated heterocycles. The van der Waals surface area contributed by atoms with Gasteiger partial charge in [0, 0.05) is 19.0 Å². The fourth-order valence-corrected chi connectivity index (χ4v) is 4.91. The summed E-state index contributed by atoms with van der Waals surface area (Å²) in [6.07, 6.45) is 9.75. The van der Waals surface area contributed by atoms with Crippen LogP contribution in [0.2, 0.25) is 0 Å². The van der Waals surface area contributed by atoms with Crippen molar-refractivity contribution in [3.8, 4) is 0 Å². The highest BCUT2D eigenvalue weighted by molar-refractivity contribution is 5.01. The second kappa shape index (κ2) is 4.34. The summed E-state index contributed by atoms with van der Waals surface area (Å²) in [5.74, 6) is 4.84. The van der Waals surface area contributed by atoms with Crippen molar-refractivity contribution < 1.29 is 4.52 Å². The molecule has 1 N–H and O–H groups in total. The van der Waals surface area contributed by atoms with Crippen LogP contribution >= 0.6 is 0 Å². The van der Waals surface area contributed by atoms with Gasteiger partial charge < -0.3 is 9.84 Å². The molecule has 98 valence electrons. The molecule has 0 radical (unpaired) electrons. The molecule has 4 aliphatic carbocycles. The van der Waals surface area contributed by atoms with Crippen LogP contribution in [-0.4, -0.2) is 22.7 Å². The van der Waals surface area contributed by atoms with Gasteiger partial charge in [0.1, 0.15) is 0 Å². The summed E-state index contributed by atoms with van der Waals surface area (Å²) in [6, 6.07) is 0.768. The molecule has 4 saturated carbocycles. The van der Waals surface area contributed by atoms with Gasteiger partial charge in [-0.1, -0.05) is 5.16 Å². The van der Waals surface area contributed by atoms with Crippen LogP contribution in [0.15, 0.2) is 10.9 Å². The van der Waals surface area contributed by atoms with Crippen molar-refractivity contribution in [3.63, 3.8) is 0 Å². The average Bonchev–Trinajstić information content (AvgIpc) is 2.85. The SMILES string of the molecule is c1nc(CCNC2C3CC4CC(C3)CC2C4)no1. The topological polar surface area (TPSA) is 51.0 Å². The number of aromatic nitrogens is 2. The number of nitrogens with one attached hydrogen (secondary N) is 1. The third kappa shape index (κ3) is 1.87. The Hall–Kier alpha value is -0.900. The molecular formula is C14H21N3O. The standard InChI is InChI=1S/C14H21N3O/c1(13-16-8-18-17-13)2-15-14-11-4-9-3-10(6-11)7-12(14)5-9/h8-12,14-15H,1-7H2.